The van der Waals surface area contributed by atoms with Crippen LogP contribution in [0.15, 0.2) is 48.7 Å². The molecule has 2 aliphatic rings. The number of ether oxygens (including phenoxy) is 2. The van der Waals surface area contributed by atoms with Gasteiger partial charge in [0, 0.05) is 24.8 Å². The zero-order chi connectivity index (χ0) is 18.1. The van der Waals surface area contributed by atoms with E-state index in [9.17, 15) is 0 Å². The highest BCUT2D eigenvalue weighted by Gasteiger charge is 2.19. The van der Waals surface area contributed by atoms with Gasteiger partial charge in [0.05, 0.1) is 6.20 Å². The summed E-state index contributed by atoms with van der Waals surface area (Å²) in [6, 6.07) is 14.2. The van der Waals surface area contributed by atoms with Crippen LogP contribution in [0.2, 0.25) is 0 Å². The molecule has 5 rings (SSSR count). The molecule has 7 heteroatoms. The number of nitrogens with one attached hydrogen (secondary N) is 1. The minimum Gasteiger partial charge on any atom is -0.486 e. The van der Waals surface area contributed by atoms with E-state index in [0.717, 1.165) is 36.7 Å². The molecule has 136 valence electrons. The first kappa shape index (κ1) is 15.9. The molecule has 0 spiro atoms. The molecule has 0 fully saturated rings. The minimum atomic E-state index is 0.562. The van der Waals surface area contributed by atoms with Gasteiger partial charge in [0.1, 0.15) is 13.2 Å². The standard InChI is InChI=1S/C20H19N5O2/c1-2-4-15-13-25(8-7-14(15)3-1)20-23-19(12-21-24-20)22-16-5-6-17-18(11-16)27-10-9-26-17/h1-6,11-12H,7-10,13H2,(H,22,23,24). The summed E-state index contributed by atoms with van der Waals surface area (Å²) in [5.74, 6) is 2.78. The summed E-state index contributed by atoms with van der Waals surface area (Å²) in [6.45, 7) is 2.82. The number of hydrogen-bond acceptors (Lipinski definition) is 7. The van der Waals surface area contributed by atoms with Crippen LogP contribution < -0.4 is 19.7 Å². The molecular weight excluding hydrogens is 342 g/mol. The van der Waals surface area contributed by atoms with E-state index in [1.165, 1.54) is 11.1 Å². The first-order valence-corrected chi connectivity index (χ1v) is 9.03. The average molecular weight is 361 g/mol. The summed E-state index contributed by atoms with van der Waals surface area (Å²) in [7, 11) is 0. The van der Waals surface area contributed by atoms with Gasteiger partial charge in [0.2, 0.25) is 5.95 Å². The summed E-state index contributed by atoms with van der Waals surface area (Å²) in [4.78, 5) is 6.80. The number of nitrogens with zero attached hydrogens (tertiary/aromatic N) is 4. The van der Waals surface area contributed by atoms with Gasteiger partial charge in [0.15, 0.2) is 17.3 Å². The zero-order valence-corrected chi connectivity index (χ0v) is 14.8. The Bertz CT molecular complexity index is 978. The van der Waals surface area contributed by atoms with E-state index in [4.69, 9.17) is 9.47 Å². The number of rotatable bonds is 3. The maximum absolute atomic E-state index is 5.63. The minimum absolute atomic E-state index is 0.562. The Morgan fingerprint density at radius 2 is 1.81 bits per heavy atom. The molecule has 0 aliphatic carbocycles. The van der Waals surface area contributed by atoms with Crippen molar-refractivity contribution in [1.29, 1.82) is 0 Å². The fourth-order valence-corrected chi connectivity index (χ4v) is 3.42. The molecule has 0 radical (unpaired) electrons. The van der Waals surface area contributed by atoms with E-state index in [0.29, 0.717) is 25.0 Å². The van der Waals surface area contributed by atoms with Crippen LogP contribution >= 0.6 is 0 Å². The Morgan fingerprint density at radius 1 is 0.963 bits per heavy atom. The average Bonchev–Trinajstić information content (AvgIpc) is 2.73. The first-order valence-electron chi connectivity index (χ1n) is 9.03. The topological polar surface area (TPSA) is 72.4 Å². The number of fused-ring (bicyclic) bond motifs is 2. The lowest BCUT2D eigenvalue weighted by atomic mass is 10.0. The van der Waals surface area contributed by atoms with Gasteiger partial charge in [0.25, 0.3) is 0 Å². The molecule has 0 bridgehead atoms. The first-order chi connectivity index (χ1) is 13.3. The van der Waals surface area contributed by atoms with Crippen LogP contribution in [0.1, 0.15) is 11.1 Å². The SMILES string of the molecule is c1ccc2c(c1)CCN(c1nncc(Nc3ccc4c(c3)OCCO4)n1)C2. The second-order valence-corrected chi connectivity index (χ2v) is 6.57. The zero-order valence-electron chi connectivity index (χ0n) is 14.8. The number of hydrogen-bond donors (Lipinski definition) is 1. The molecule has 0 amide bonds. The van der Waals surface area contributed by atoms with Gasteiger partial charge in [-0.25, -0.2) is 0 Å². The fourth-order valence-electron chi connectivity index (χ4n) is 3.42. The number of aromatic nitrogens is 3. The highest BCUT2D eigenvalue weighted by Crippen LogP contribution is 2.33. The number of benzene rings is 2. The van der Waals surface area contributed by atoms with Crippen molar-refractivity contribution in [1.82, 2.24) is 15.2 Å². The Labute approximate surface area is 157 Å². The van der Waals surface area contributed by atoms with Crippen molar-refractivity contribution in [3.05, 3.63) is 59.8 Å². The second kappa shape index (κ2) is 6.75. The van der Waals surface area contributed by atoms with Crippen LogP contribution in [0, 0.1) is 0 Å². The molecule has 0 atom stereocenters. The molecule has 1 aromatic heterocycles. The largest absolute Gasteiger partial charge is 0.486 e. The van der Waals surface area contributed by atoms with E-state index in [1.807, 2.05) is 18.2 Å². The molecule has 0 saturated heterocycles. The molecule has 2 aliphatic heterocycles. The van der Waals surface area contributed by atoms with Crippen molar-refractivity contribution in [2.45, 2.75) is 13.0 Å². The Balaban J connectivity index is 1.35. The van der Waals surface area contributed by atoms with Gasteiger partial charge < -0.3 is 19.7 Å². The summed E-state index contributed by atoms with van der Waals surface area (Å²) in [5, 5.41) is 11.6. The molecule has 7 nitrogen and oxygen atoms in total. The van der Waals surface area contributed by atoms with Crippen molar-refractivity contribution in [3.63, 3.8) is 0 Å². The van der Waals surface area contributed by atoms with Gasteiger partial charge in [-0.05, 0) is 29.7 Å². The van der Waals surface area contributed by atoms with Crippen molar-refractivity contribution in [2.75, 3.05) is 30.0 Å². The molecule has 3 heterocycles. The van der Waals surface area contributed by atoms with Gasteiger partial charge in [-0.1, -0.05) is 24.3 Å². The van der Waals surface area contributed by atoms with E-state index in [2.05, 4.69) is 49.7 Å². The van der Waals surface area contributed by atoms with Crippen molar-refractivity contribution in [2.24, 2.45) is 0 Å². The predicted molar refractivity (Wildman–Crippen MR) is 102 cm³/mol. The molecular formula is C20H19N5O2. The van der Waals surface area contributed by atoms with Crippen LogP contribution in [0.5, 0.6) is 11.5 Å². The van der Waals surface area contributed by atoms with Crippen LogP contribution in [0.4, 0.5) is 17.5 Å². The summed E-state index contributed by atoms with van der Waals surface area (Å²) in [5.41, 5.74) is 3.58. The normalized spacial score (nSPS) is 15.2. The number of anilines is 3. The van der Waals surface area contributed by atoms with Crippen LogP contribution in [-0.4, -0.2) is 34.9 Å². The van der Waals surface area contributed by atoms with Crippen molar-refractivity contribution >= 4 is 17.5 Å². The van der Waals surface area contributed by atoms with Crippen LogP contribution in [0.3, 0.4) is 0 Å². The third kappa shape index (κ3) is 3.23. The Kier molecular flexibility index (Phi) is 3.97. The fraction of sp³-hybridized carbons (Fsp3) is 0.250. The maximum atomic E-state index is 5.63. The van der Waals surface area contributed by atoms with E-state index < -0.39 is 0 Å². The Hall–Kier alpha value is -3.35. The predicted octanol–water partition coefficient (Wildman–Crippen LogP) is 2.95. The molecule has 27 heavy (non-hydrogen) atoms. The lowest BCUT2D eigenvalue weighted by Crippen LogP contribution is -2.32. The molecule has 2 aromatic carbocycles. The van der Waals surface area contributed by atoms with Gasteiger partial charge >= 0.3 is 0 Å². The third-order valence-corrected chi connectivity index (χ3v) is 4.78. The van der Waals surface area contributed by atoms with Crippen molar-refractivity contribution in [3.8, 4) is 11.5 Å². The van der Waals surface area contributed by atoms with Crippen molar-refractivity contribution < 1.29 is 9.47 Å². The van der Waals surface area contributed by atoms with Crippen LogP contribution in [-0.2, 0) is 13.0 Å². The highest BCUT2D eigenvalue weighted by molar-refractivity contribution is 5.61. The van der Waals surface area contributed by atoms with Gasteiger partial charge in [-0.15, -0.1) is 5.10 Å². The van der Waals surface area contributed by atoms with Gasteiger partial charge in [-0.3, -0.25) is 0 Å². The van der Waals surface area contributed by atoms with E-state index >= 15 is 0 Å². The summed E-state index contributed by atoms with van der Waals surface area (Å²) in [6.07, 6.45) is 2.61. The monoisotopic (exact) mass is 361 g/mol. The van der Waals surface area contributed by atoms with Gasteiger partial charge in [-0.2, -0.15) is 10.1 Å². The maximum Gasteiger partial charge on any atom is 0.247 e. The summed E-state index contributed by atoms with van der Waals surface area (Å²) >= 11 is 0. The lowest BCUT2D eigenvalue weighted by Gasteiger charge is -2.28. The van der Waals surface area contributed by atoms with E-state index in [-0.39, 0.29) is 0 Å². The highest BCUT2D eigenvalue weighted by atomic mass is 16.6. The van der Waals surface area contributed by atoms with E-state index in [1.54, 1.807) is 6.20 Å². The summed E-state index contributed by atoms with van der Waals surface area (Å²) < 4.78 is 11.2. The lowest BCUT2D eigenvalue weighted by molar-refractivity contribution is 0.171. The van der Waals surface area contributed by atoms with Crippen LogP contribution in [0.25, 0.3) is 0 Å². The quantitative estimate of drug-likeness (QED) is 0.769. The smallest absolute Gasteiger partial charge is 0.247 e. The molecule has 0 saturated carbocycles. The molecule has 0 unspecified atom stereocenters. The molecule has 3 aromatic rings. The second-order valence-electron chi connectivity index (χ2n) is 6.57. The Morgan fingerprint density at radius 3 is 2.74 bits per heavy atom. The third-order valence-electron chi connectivity index (χ3n) is 4.78. The molecule has 1 N–H and O–H groups in total.